The predicted octanol–water partition coefficient (Wildman–Crippen LogP) is 13.0. The van der Waals surface area contributed by atoms with E-state index in [-0.39, 0.29) is 0 Å². The average molecular weight is 685 g/mol. The summed E-state index contributed by atoms with van der Waals surface area (Å²) in [6, 6.07) is 61.4. The molecule has 0 atom stereocenters. The molecule has 248 valence electrons. The van der Waals surface area contributed by atoms with Gasteiger partial charge in [-0.3, -0.25) is 4.57 Å². The maximum absolute atomic E-state index is 5.54. The van der Waals surface area contributed by atoms with Crippen LogP contribution in [0.3, 0.4) is 0 Å². The van der Waals surface area contributed by atoms with Gasteiger partial charge in [-0.25, -0.2) is 9.97 Å². The first-order valence-electron chi connectivity index (χ1n) is 18.5. The van der Waals surface area contributed by atoms with E-state index in [0.717, 1.165) is 44.0 Å². The first-order valence-corrected chi connectivity index (χ1v) is 18.5. The van der Waals surface area contributed by atoms with Crippen molar-refractivity contribution < 1.29 is 0 Å². The van der Waals surface area contributed by atoms with Crippen LogP contribution in [0.4, 0.5) is 0 Å². The molecular formula is C50H28N4. The van der Waals surface area contributed by atoms with E-state index in [1.165, 1.54) is 70.4 Å². The summed E-state index contributed by atoms with van der Waals surface area (Å²) in [5.74, 6) is 0.664. The highest BCUT2D eigenvalue weighted by Gasteiger charge is 2.27. The maximum atomic E-state index is 5.54. The van der Waals surface area contributed by atoms with E-state index >= 15 is 0 Å². The van der Waals surface area contributed by atoms with Gasteiger partial charge < -0.3 is 4.40 Å². The van der Waals surface area contributed by atoms with Crippen LogP contribution in [0.15, 0.2) is 170 Å². The number of fused-ring (bicyclic) bond motifs is 18. The number of aromatic nitrogens is 4. The molecule has 0 fully saturated rings. The van der Waals surface area contributed by atoms with Crippen LogP contribution in [0.2, 0.25) is 0 Å². The quantitative estimate of drug-likeness (QED) is 0.170. The Kier molecular flexibility index (Phi) is 5.34. The van der Waals surface area contributed by atoms with Gasteiger partial charge in [0.25, 0.3) is 0 Å². The molecule has 0 aliphatic carbocycles. The highest BCUT2D eigenvalue weighted by atomic mass is 15.2. The molecule has 0 saturated heterocycles. The molecule has 0 radical (unpaired) electrons. The zero-order chi connectivity index (χ0) is 35.1. The summed E-state index contributed by atoms with van der Waals surface area (Å²) in [7, 11) is 0. The number of hydrogen-bond acceptors (Lipinski definition) is 2. The Balaban J connectivity index is 1.31. The van der Waals surface area contributed by atoms with Crippen molar-refractivity contribution in [1.82, 2.24) is 18.9 Å². The number of benzene rings is 9. The van der Waals surface area contributed by atoms with Gasteiger partial charge in [-0.1, -0.05) is 158 Å². The fraction of sp³-hybridized carbons (Fsp3) is 0. The van der Waals surface area contributed by atoms with Gasteiger partial charge >= 0.3 is 0 Å². The van der Waals surface area contributed by atoms with Gasteiger partial charge in [0.05, 0.1) is 38.8 Å². The van der Waals surface area contributed by atoms with Crippen LogP contribution in [-0.4, -0.2) is 18.9 Å². The van der Waals surface area contributed by atoms with Crippen molar-refractivity contribution in [2.45, 2.75) is 0 Å². The van der Waals surface area contributed by atoms with Crippen LogP contribution in [0.1, 0.15) is 0 Å². The van der Waals surface area contributed by atoms with Crippen LogP contribution in [0.5, 0.6) is 0 Å². The third-order valence-electron chi connectivity index (χ3n) is 11.8. The maximum Gasteiger partial charge on any atom is 0.235 e. The second-order valence-corrected chi connectivity index (χ2v) is 14.5. The summed E-state index contributed by atoms with van der Waals surface area (Å²) in [6.45, 7) is 0. The monoisotopic (exact) mass is 684 g/mol. The van der Waals surface area contributed by atoms with Gasteiger partial charge in [0.1, 0.15) is 0 Å². The second kappa shape index (κ2) is 10.2. The first kappa shape index (κ1) is 28.3. The van der Waals surface area contributed by atoms with Crippen LogP contribution >= 0.6 is 0 Å². The molecule has 54 heavy (non-hydrogen) atoms. The summed E-state index contributed by atoms with van der Waals surface area (Å²) in [4.78, 5) is 11.1. The molecule has 0 aliphatic rings. The smallest absolute Gasteiger partial charge is 0.235 e. The third kappa shape index (κ3) is 3.48. The van der Waals surface area contributed by atoms with Gasteiger partial charge in [-0.15, -0.1) is 0 Å². The minimum atomic E-state index is 0.664. The first-order chi connectivity index (χ1) is 26.8. The van der Waals surface area contributed by atoms with E-state index in [4.69, 9.17) is 9.97 Å². The van der Waals surface area contributed by atoms with Crippen molar-refractivity contribution in [1.29, 1.82) is 0 Å². The SMILES string of the molecule is c1ccc(-c2nc(-n3c4ccccc4c4c3c3ccccc3c3c5cccc6c7ccc8ccccc8c7n(c65)c34)nc3c2ccc2ccccc23)cc1. The molecule has 4 aromatic heterocycles. The Morgan fingerprint density at radius 3 is 1.74 bits per heavy atom. The highest BCUT2D eigenvalue weighted by molar-refractivity contribution is 6.40. The Bertz CT molecular complexity index is 3720. The zero-order valence-electron chi connectivity index (χ0n) is 29.0. The van der Waals surface area contributed by atoms with Gasteiger partial charge in [0.2, 0.25) is 5.95 Å². The number of nitrogens with zero attached hydrogens (tertiary/aromatic N) is 4. The van der Waals surface area contributed by atoms with Crippen LogP contribution in [0, 0.1) is 0 Å². The molecule has 4 nitrogen and oxygen atoms in total. The van der Waals surface area contributed by atoms with Crippen LogP contribution < -0.4 is 0 Å². The minimum absolute atomic E-state index is 0.664. The second-order valence-electron chi connectivity index (χ2n) is 14.5. The van der Waals surface area contributed by atoms with E-state index in [0.29, 0.717) is 5.95 Å². The van der Waals surface area contributed by atoms with E-state index in [1.807, 2.05) is 0 Å². The van der Waals surface area contributed by atoms with Gasteiger partial charge in [-0.05, 0) is 28.3 Å². The Labute approximate surface area is 308 Å². The largest absolute Gasteiger partial charge is 0.307 e. The standard InChI is InChI=1S/C50H28N4/c1-2-15-31(16-3-1)44-40-28-26-29-13-4-6-17-32(29)45(40)52-50(51-44)53-41-24-11-10-21-38(41)43-48(53)35-20-9-8-19-34(35)42-39-23-12-22-36-37-27-25-30-14-5-7-18-33(30)46(37)54(47(36)39)49(42)43/h1-28H. The summed E-state index contributed by atoms with van der Waals surface area (Å²) >= 11 is 0. The topological polar surface area (TPSA) is 35.1 Å². The summed E-state index contributed by atoms with van der Waals surface area (Å²) in [5.41, 5.74) is 8.89. The van der Waals surface area contributed by atoms with Crippen LogP contribution in [-0.2, 0) is 0 Å². The molecule has 0 unspecified atom stereocenters. The lowest BCUT2D eigenvalue weighted by atomic mass is 9.98. The molecule has 4 heteroatoms. The molecule has 0 amide bonds. The van der Waals surface area contributed by atoms with Crippen molar-refractivity contribution in [3.63, 3.8) is 0 Å². The van der Waals surface area contributed by atoms with E-state index in [2.05, 4.69) is 179 Å². The van der Waals surface area contributed by atoms with E-state index < -0.39 is 0 Å². The lowest BCUT2D eigenvalue weighted by Gasteiger charge is -2.14. The molecule has 9 aromatic carbocycles. The van der Waals surface area contributed by atoms with Gasteiger partial charge in [-0.2, -0.15) is 0 Å². The number of hydrogen-bond donors (Lipinski definition) is 0. The third-order valence-corrected chi connectivity index (χ3v) is 11.8. The molecule has 0 saturated carbocycles. The number of rotatable bonds is 2. The lowest BCUT2D eigenvalue weighted by molar-refractivity contribution is 1.02. The average Bonchev–Trinajstić information content (AvgIpc) is 3.89. The van der Waals surface area contributed by atoms with Gasteiger partial charge in [0, 0.05) is 59.4 Å². The normalized spacial score (nSPS) is 12.4. The molecule has 13 aromatic rings. The molecule has 4 heterocycles. The van der Waals surface area contributed by atoms with Crippen molar-refractivity contribution in [2.24, 2.45) is 0 Å². The molecule has 0 N–H and O–H groups in total. The summed E-state index contributed by atoms with van der Waals surface area (Å²) in [6.07, 6.45) is 0. The predicted molar refractivity (Wildman–Crippen MR) is 226 cm³/mol. The molecule has 0 bridgehead atoms. The molecule has 13 rings (SSSR count). The van der Waals surface area contributed by atoms with Crippen LogP contribution in [0.25, 0.3) is 120 Å². The Morgan fingerprint density at radius 1 is 0.333 bits per heavy atom. The summed E-state index contributed by atoms with van der Waals surface area (Å²) < 4.78 is 4.91. The Morgan fingerprint density at radius 2 is 0.907 bits per heavy atom. The van der Waals surface area contributed by atoms with Gasteiger partial charge in [0.15, 0.2) is 0 Å². The van der Waals surface area contributed by atoms with Crippen molar-refractivity contribution in [2.75, 3.05) is 0 Å². The van der Waals surface area contributed by atoms with E-state index in [9.17, 15) is 0 Å². The fourth-order valence-electron chi connectivity index (χ4n) is 9.62. The molecule has 0 aliphatic heterocycles. The summed E-state index contributed by atoms with van der Waals surface area (Å²) in [5, 5.41) is 15.7. The molecule has 0 spiro atoms. The van der Waals surface area contributed by atoms with Crippen molar-refractivity contribution in [3.8, 4) is 17.2 Å². The highest BCUT2D eigenvalue weighted by Crippen LogP contribution is 2.49. The fourth-order valence-corrected chi connectivity index (χ4v) is 9.62. The lowest BCUT2D eigenvalue weighted by Crippen LogP contribution is -2.04. The molecular weight excluding hydrogens is 657 g/mol. The Hall–Kier alpha value is -7.30. The van der Waals surface area contributed by atoms with Crippen molar-refractivity contribution >= 4 is 103 Å². The van der Waals surface area contributed by atoms with E-state index in [1.54, 1.807) is 0 Å². The number of para-hydroxylation sites is 2. The van der Waals surface area contributed by atoms with Crippen molar-refractivity contribution in [3.05, 3.63) is 170 Å². The minimum Gasteiger partial charge on any atom is -0.307 e. The zero-order valence-corrected chi connectivity index (χ0v) is 29.0.